The highest BCUT2D eigenvalue weighted by Crippen LogP contribution is 2.21. The Bertz CT molecular complexity index is 361. The molecule has 0 aliphatic heterocycles. The van der Waals surface area contributed by atoms with Crippen molar-refractivity contribution in [1.82, 2.24) is 5.32 Å². The Kier molecular flexibility index (Phi) is 5.93. The predicted molar refractivity (Wildman–Crippen MR) is 79.6 cm³/mol. The van der Waals surface area contributed by atoms with Crippen LogP contribution in [0.25, 0.3) is 6.08 Å². The molecule has 0 atom stereocenters. The molecule has 1 nitrogen and oxygen atoms in total. The third kappa shape index (κ3) is 5.51. The smallest absolute Gasteiger partial charge is 0.0273 e. The molecule has 1 heterocycles. The molecular formula is C15H25NS. The largest absolute Gasteiger partial charge is 0.313 e. The van der Waals surface area contributed by atoms with E-state index in [2.05, 4.69) is 58.1 Å². The second-order valence-corrected chi connectivity index (χ2v) is 6.67. The zero-order chi connectivity index (χ0) is 12.8. The van der Waals surface area contributed by atoms with Crippen molar-refractivity contribution >= 4 is 17.4 Å². The van der Waals surface area contributed by atoms with E-state index in [1.807, 2.05) is 11.3 Å². The van der Waals surface area contributed by atoms with E-state index < -0.39 is 0 Å². The topological polar surface area (TPSA) is 12.0 Å². The van der Waals surface area contributed by atoms with Gasteiger partial charge in [-0.2, -0.15) is 0 Å². The Morgan fingerprint density at radius 2 is 2.00 bits per heavy atom. The fraction of sp³-hybridized carbons (Fsp3) is 0.600. The first-order valence-electron chi connectivity index (χ1n) is 6.46. The summed E-state index contributed by atoms with van der Waals surface area (Å²) in [6.45, 7) is 13.3. The van der Waals surface area contributed by atoms with Gasteiger partial charge in [0.1, 0.15) is 0 Å². The van der Waals surface area contributed by atoms with Crippen LogP contribution in [-0.4, -0.2) is 13.1 Å². The third-order valence-corrected chi connectivity index (χ3v) is 3.66. The molecule has 0 saturated heterocycles. The normalized spacial score (nSPS) is 12.8. The van der Waals surface area contributed by atoms with Gasteiger partial charge >= 0.3 is 0 Å². The molecule has 1 aromatic heterocycles. The van der Waals surface area contributed by atoms with Crippen LogP contribution in [0.15, 0.2) is 17.7 Å². The van der Waals surface area contributed by atoms with Crippen molar-refractivity contribution in [3.8, 4) is 0 Å². The number of rotatable bonds is 6. The van der Waals surface area contributed by atoms with E-state index in [0.29, 0.717) is 11.8 Å². The van der Waals surface area contributed by atoms with Crippen molar-refractivity contribution in [2.75, 3.05) is 13.1 Å². The molecule has 0 aliphatic carbocycles. The first kappa shape index (κ1) is 14.5. The Labute approximate surface area is 110 Å². The van der Waals surface area contributed by atoms with Gasteiger partial charge in [-0.3, -0.25) is 0 Å². The van der Waals surface area contributed by atoms with Crippen LogP contribution < -0.4 is 5.32 Å². The maximum absolute atomic E-state index is 3.53. The summed E-state index contributed by atoms with van der Waals surface area (Å²) < 4.78 is 0. The lowest BCUT2D eigenvalue weighted by Crippen LogP contribution is -2.23. The molecule has 2 heteroatoms. The number of aryl methyl sites for hydroxylation is 1. The molecular weight excluding hydrogens is 226 g/mol. The Hall–Kier alpha value is -0.600. The van der Waals surface area contributed by atoms with Gasteiger partial charge in [0.2, 0.25) is 0 Å². The fourth-order valence-electron chi connectivity index (χ4n) is 1.64. The van der Waals surface area contributed by atoms with Gasteiger partial charge < -0.3 is 5.32 Å². The minimum Gasteiger partial charge on any atom is -0.313 e. The molecule has 17 heavy (non-hydrogen) atoms. The van der Waals surface area contributed by atoms with E-state index in [1.54, 1.807) is 0 Å². The van der Waals surface area contributed by atoms with Gasteiger partial charge in [-0.1, -0.05) is 33.3 Å². The Morgan fingerprint density at radius 3 is 2.47 bits per heavy atom. The van der Waals surface area contributed by atoms with Gasteiger partial charge in [-0.15, -0.1) is 11.3 Å². The van der Waals surface area contributed by atoms with Crippen molar-refractivity contribution in [2.45, 2.75) is 34.6 Å². The Morgan fingerprint density at radius 1 is 1.29 bits per heavy atom. The van der Waals surface area contributed by atoms with Crippen molar-refractivity contribution < 1.29 is 0 Å². The first-order valence-corrected chi connectivity index (χ1v) is 7.28. The van der Waals surface area contributed by atoms with E-state index >= 15 is 0 Å². The van der Waals surface area contributed by atoms with E-state index in [4.69, 9.17) is 0 Å². The van der Waals surface area contributed by atoms with Crippen LogP contribution in [0.3, 0.4) is 0 Å². The minimum atomic E-state index is 0.608. The lowest BCUT2D eigenvalue weighted by Gasteiger charge is -2.13. The highest BCUT2D eigenvalue weighted by Gasteiger charge is 2.04. The summed E-state index contributed by atoms with van der Waals surface area (Å²) in [6.07, 6.45) is 2.34. The standard InChI is InChI=1S/C15H25NS/c1-11(2)9-16-10-14(12(3)4)8-15-7-6-13(5)17-15/h6-8,11-12,16H,9-10H2,1-5H3. The molecule has 0 unspecified atom stereocenters. The molecule has 0 amide bonds. The van der Waals surface area contributed by atoms with E-state index in [0.717, 1.165) is 13.1 Å². The molecule has 0 saturated carbocycles. The molecule has 96 valence electrons. The van der Waals surface area contributed by atoms with Crippen LogP contribution in [0.4, 0.5) is 0 Å². The monoisotopic (exact) mass is 251 g/mol. The van der Waals surface area contributed by atoms with Crippen molar-refractivity contribution in [1.29, 1.82) is 0 Å². The number of hydrogen-bond acceptors (Lipinski definition) is 2. The minimum absolute atomic E-state index is 0.608. The molecule has 0 bridgehead atoms. The summed E-state index contributed by atoms with van der Waals surface area (Å²) in [5.74, 6) is 1.32. The SMILES string of the molecule is Cc1ccc(C=C(CNCC(C)C)C(C)C)s1. The van der Waals surface area contributed by atoms with Crippen molar-refractivity contribution in [2.24, 2.45) is 11.8 Å². The van der Waals surface area contributed by atoms with Crippen molar-refractivity contribution in [3.63, 3.8) is 0 Å². The Balaban J connectivity index is 2.62. The maximum atomic E-state index is 3.53. The van der Waals surface area contributed by atoms with E-state index in [-0.39, 0.29) is 0 Å². The summed E-state index contributed by atoms with van der Waals surface area (Å²) in [5.41, 5.74) is 1.49. The van der Waals surface area contributed by atoms with Gasteiger partial charge in [0.05, 0.1) is 0 Å². The molecule has 1 rings (SSSR count). The van der Waals surface area contributed by atoms with Gasteiger partial charge in [-0.25, -0.2) is 0 Å². The van der Waals surface area contributed by atoms with Crippen LogP contribution in [0.1, 0.15) is 37.4 Å². The fourth-order valence-corrected chi connectivity index (χ4v) is 2.49. The van der Waals surface area contributed by atoms with E-state index in [9.17, 15) is 0 Å². The first-order chi connectivity index (χ1) is 7.99. The summed E-state index contributed by atoms with van der Waals surface area (Å²) >= 11 is 1.87. The van der Waals surface area contributed by atoms with Crippen LogP contribution in [0, 0.1) is 18.8 Å². The van der Waals surface area contributed by atoms with Crippen LogP contribution in [0.2, 0.25) is 0 Å². The van der Waals surface area contributed by atoms with Crippen LogP contribution in [0.5, 0.6) is 0 Å². The predicted octanol–water partition coefficient (Wildman–Crippen LogP) is 4.34. The summed E-state index contributed by atoms with van der Waals surface area (Å²) in [4.78, 5) is 2.76. The molecule has 0 aromatic carbocycles. The van der Waals surface area contributed by atoms with Gasteiger partial charge in [-0.05, 0) is 43.5 Å². The molecule has 0 fully saturated rings. The molecule has 0 aliphatic rings. The summed E-state index contributed by atoms with van der Waals surface area (Å²) in [6, 6.07) is 4.40. The second kappa shape index (κ2) is 6.97. The summed E-state index contributed by atoms with van der Waals surface area (Å²) in [7, 11) is 0. The zero-order valence-corrected chi connectivity index (χ0v) is 12.5. The van der Waals surface area contributed by atoms with Gasteiger partial charge in [0.15, 0.2) is 0 Å². The number of nitrogens with one attached hydrogen (secondary N) is 1. The molecule has 1 N–H and O–H groups in total. The molecule has 1 aromatic rings. The van der Waals surface area contributed by atoms with Crippen LogP contribution >= 0.6 is 11.3 Å². The zero-order valence-electron chi connectivity index (χ0n) is 11.7. The second-order valence-electron chi connectivity index (χ2n) is 5.35. The molecule has 0 spiro atoms. The maximum Gasteiger partial charge on any atom is 0.0273 e. The average molecular weight is 251 g/mol. The quantitative estimate of drug-likeness (QED) is 0.793. The highest BCUT2D eigenvalue weighted by molar-refractivity contribution is 7.12. The van der Waals surface area contributed by atoms with E-state index in [1.165, 1.54) is 15.3 Å². The number of hydrogen-bond donors (Lipinski definition) is 1. The lowest BCUT2D eigenvalue weighted by atomic mass is 10.0. The third-order valence-electron chi connectivity index (χ3n) is 2.71. The lowest BCUT2D eigenvalue weighted by molar-refractivity contribution is 0.558. The molecule has 0 radical (unpaired) electrons. The van der Waals surface area contributed by atoms with Crippen LogP contribution in [-0.2, 0) is 0 Å². The average Bonchev–Trinajstić information content (AvgIpc) is 2.62. The number of thiophene rings is 1. The summed E-state index contributed by atoms with van der Waals surface area (Å²) in [5, 5.41) is 3.53. The van der Waals surface area contributed by atoms with Gasteiger partial charge in [0.25, 0.3) is 0 Å². The van der Waals surface area contributed by atoms with Gasteiger partial charge in [0, 0.05) is 16.3 Å². The highest BCUT2D eigenvalue weighted by atomic mass is 32.1. The van der Waals surface area contributed by atoms with Crippen molar-refractivity contribution in [3.05, 3.63) is 27.5 Å².